The quantitative estimate of drug-likeness (QED) is 0.613. The van der Waals surface area contributed by atoms with Gasteiger partial charge in [0.2, 0.25) is 0 Å². The average Bonchev–Trinajstić information content (AvgIpc) is 2.74. The van der Waals surface area contributed by atoms with Gasteiger partial charge in [-0.1, -0.05) is 24.3 Å². The Kier molecular flexibility index (Phi) is 5.96. The highest BCUT2D eigenvalue weighted by atomic mass is 127. The Morgan fingerprint density at radius 3 is 2.58 bits per heavy atom. The van der Waals surface area contributed by atoms with Gasteiger partial charge in [-0.25, -0.2) is 4.79 Å². The van der Waals surface area contributed by atoms with E-state index in [0.717, 1.165) is 12.0 Å². The lowest BCUT2D eigenvalue weighted by molar-refractivity contribution is -0.0623. The van der Waals surface area contributed by atoms with E-state index in [1.807, 2.05) is 34.6 Å². The monoisotopic (exact) mass is 443 g/mol. The third-order valence-corrected chi connectivity index (χ3v) is 4.47. The first kappa shape index (κ1) is 19.2. The van der Waals surface area contributed by atoms with E-state index in [1.165, 1.54) is 3.57 Å². The van der Waals surface area contributed by atoms with E-state index in [0.29, 0.717) is 6.61 Å². The van der Waals surface area contributed by atoms with Gasteiger partial charge in [-0.05, 0) is 81.3 Å². The zero-order valence-electron chi connectivity index (χ0n) is 15.0. The van der Waals surface area contributed by atoms with Crippen molar-refractivity contribution in [2.75, 3.05) is 6.61 Å². The fraction of sp³-hybridized carbons (Fsp3) is 0.526. The lowest BCUT2D eigenvalue weighted by Gasteiger charge is -2.34. The largest absolute Gasteiger partial charge is 0.444 e. The first-order chi connectivity index (χ1) is 11.1. The number of ether oxygens (including phenoxy) is 2. The molecule has 1 heterocycles. The molecule has 132 valence electrons. The molecule has 1 saturated heterocycles. The molecule has 1 aliphatic rings. The molecule has 0 saturated carbocycles. The number of hydrogen-bond donors (Lipinski definition) is 0. The van der Waals surface area contributed by atoms with Crippen molar-refractivity contribution in [3.63, 3.8) is 0 Å². The van der Waals surface area contributed by atoms with Crippen LogP contribution >= 0.6 is 22.6 Å². The summed E-state index contributed by atoms with van der Waals surface area (Å²) in [6.07, 6.45) is 4.58. The molecular weight excluding hydrogens is 417 g/mol. The van der Waals surface area contributed by atoms with Crippen molar-refractivity contribution in [1.29, 1.82) is 0 Å². The second-order valence-electron chi connectivity index (χ2n) is 7.45. The maximum atomic E-state index is 12.6. The summed E-state index contributed by atoms with van der Waals surface area (Å²) in [6, 6.07) is 8.30. The Bertz CT molecular complexity index is 602. The summed E-state index contributed by atoms with van der Waals surface area (Å²) < 4.78 is 12.6. The van der Waals surface area contributed by atoms with Crippen LogP contribution in [-0.2, 0) is 9.47 Å². The third kappa shape index (κ3) is 5.21. The first-order valence-electron chi connectivity index (χ1n) is 8.17. The molecule has 0 aliphatic carbocycles. The smallest absolute Gasteiger partial charge is 0.412 e. The number of amides is 1. The van der Waals surface area contributed by atoms with Crippen LogP contribution in [0.2, 0.25) is 0 Å². The highest BCUT2D eigenvalue weighted by molar-refractivity contribution is 14.1. The molecule has 0 radical (unpaired) electrons. The van der Waals surface area contributed by atoms with Crippen LogP contribution in [0.5, 0.6) is 0 Å². The van der Waals surface area contributed by atoms with E-state index in [4.69, 9.17) is 9.47 Å². The minimum Gasteiger partial charge on any atom is -0.444 e. The molecule has 0 aromatic heterocycles. The Hall–Kier alpha value is -1.08. The summed E-state index contributed by atoms with van der Waals surface area (Å²) >= 11 is 2.29. The first-order valence-corrected chi connectivity index (χ1v) is 9.25. The summed E-state index contributed by atoms with van der Waals surface area (Å²) in [5, 5.41) is 0. The normalized spacial score (nSPS) is 20.6. The highest BCUT2D eigenvalue weighted by Gasteiger charge is 2.45. The van der Waals surface area contributed by atoms with Gasteiger partial charge in [0, 0.05) is 3.57 Å². The van der Waals surface area contributed by atoms with Gasteiger partial charge in [0.15, 0.2) is 0 Å². The van der Waals surface area contributed by atoms with Gasteiger partial charge in [0.1, 0.15) is 11.3 Å². The average molecular weight is 443 g/mol. The lowest BCUT2D eigenvalue weighted by Crippen LogP contribution is -2.49. The van der Waals surface area contributed by atoms with E-state index in [1.54, 1.807) is 4.90 Å². The van der Waals surface area contributed by atoms with Crippen LogP contribution in [0, 0.1) is 3.57 Å². The number of carbonyl (C=O) groups is 1. The molecule has 4 nitrogen and oxygen atoms in total. The van der Waals surface area contributed by atoms with Crippen LogP contribution in [-0.4, -0.2) is 35.0 Å². The zero-order chi connectivity index (χ0) is 18.0. The predicted octanol–water partition coefficient (Wildman–Crippen LogP) is 5.07. The van der Waals surface area contributed by atoms with Gasteiger partial charge in [-0.2, -0.15) is 0 Å². The van der Waals surface area contributed by atoms with Crippen LogP contribution in [0.1, 0.15) is 46.6 Å². The van der Waals surface area contributed by atoms with E-state index in [-0.39, 0.29) is 12.1 Å². The van der Waals surface area contributed by atoms with Crippen molar-refractivity contribution in [2.24, 2.45) is 0 Å². The second kappa shape index (κ2) is 7.44. The SMILES string of the molecule is CC(C)(C)OC(=O)N1C(CC=Cc2ccc(I)cc2)COC1(C)C. The van der Waals surface area contributed by atoms with Gasteiger partial charge in [-0.15, -0.1) is 0 Å². The van der Waals surface area contributed by atoms with Crippen LogP contribution in [0.25, 0.3) is 6.08 Å². The molecule has 0 spiro atoms. The summed E-state index contributed by atoms with van der Waals surface area (Å²) in [6.45, 7) is 9.95. The predicted molar refractivity (Wildman–Crippen MR) is 105 cm³/mol. The summed E-state index contributed by atoms with van der Waals surface area (Å²) in [4.78, 5) is 14.3. The molecule has 1 fully saturated rings. The lowest BCUT2D eigenvalue weighted by atomic mass is 10.1. The molecule has 1 atom stereocenters. The third-order valence-electron chi connectivity index (χ3n) is 3.75. The van der Waals surface area contributed by atoms with Gasteiger partial charge in [-0.3, -0.25) is 4.90 Å². The van der Waals surface area contributed by atoms with Crippen molar-refractivity contribution in [3.8, 4) is 0 Å². The molecule has 1 aromatic rings. The van der Waals surface area contributed by atoms with Crippen LogP contribution in [0.4, 0.5) is 4.79 Å². The molecule has 24 heavy (non-hydrogen) atoms. The van der Waals surface area contributed by atoms with Gasteiger partial charge >= 0.3 is 6.09 Å². The standard InChI is InChI=1S/C19H26INO3/c1-18(2,3)24-17(22)21-16(13-23-19(21,4)5)8-6-7-14-9-11-15(20)12-10-14/h6-7,9-12,16H,8,13H2,1-5H3. The highest BCUT2D eigenvalue weighted by Crippen LogP contribution is 2.31. The number of carbonyl (C=O) groups excluding carboxylic acids is 1. The van der Waals surface area contributed by atoms with Crippen molar-refractivity contribution >= 4 is 34.8 Å². The summed E-state index contributed by atoms with van der Waals surface area (Å²) in [7, 11) is 0. The Balaban J connectivity index is 2.05. The molecular formula is C19H26INO3. The molecule has 2 rings (SSSR count). The van der Waals surface area contributed by atoms with Crippen molar-refractivity contribution in [1.82, 2.24) is 4.90 Å². The fourth-order valence-corrected chi connectivity index (χ4v) is 3.03. The summed E-state index contributed by atoms with van der Waals surface area (Å²) in [5.41, 5.74) is -0.0153. The number of halogens is 1. The maximum absolute atomic E-state index is 12.6. The number of rotatable bonds is 3. The Morgan fingerprint density at radius 2 is 2.00 bits per heavy atom. The molecule has 1 aliphatic heterocycles. The van der Waals surface area contributed by atoms with E-state index < -0.39 is 11.3 Å². The minimum atomic E-state index is -0.649. The molecule has 0 N–H and O–H groups in total. The Labute approximate surface area is 158 Å². The summed E-state index contributed by atoms with van der Waals surface area (Å²) in [5.74, 6) is 0. The van der Waals surface area contributed by atoms with Crippen LogP contribution in [0.3, 0.4) is 0 Å². The van der Waals surface area contributed by atoms with Crippen molar-refractivity contribution in [3.05, 3.63) is 39.5 Å². The molecule has 1 unspecified atom stereocenters. The fourth-order valence-electron chi connectivity index (χ4n) is 2.67. The van der Waals surface area contributed by atoms with Crippen molar-refractivity contribution < 1.29 is 14.3 Å². The van der Waals surface area contributed by atoms with Crippen molar-refractivity contribution in [2.45, 2.75) is 58.4 Å². The van der Waals surface area contributed by atoms with Gasteiger partial charge < -0.3 is 9.47 Å². The number of hydrogen-bond acceptors (Lipinski definition) is 3. The second-order valence-corrected chi connectivity index (χ2v) is 8.70. The zero-order valence-corrected chi connectivity index (χ0v) is 17.2. The maximum Gasteiger partial charge on any atom is 0.412 e. The van der Waals surface area contributed by atoms with Crippen LogP contribution in [0.15, 0.2) is 30.3 Å². The van der Waals surface area contributed by atoms with Gasteiger partial charge in [0.05, 0.1) is 12.6 Å². The molecule has 1 aromatic carbocycles. The number of benzene rings is 1. The van der Waals surface area contributed by atoms with E-state index in [9.17, 15) is 4.79 Å². The molecule has 1 amide bonds. The molecule has 0 bridgehead atoms. The topological polar surface area (TPSA) is 38.8 Å². The Morgan fingerprint density at radius 1 is 1.38 bits per heavy atom. The molecule has 5 heteroatoms. The minimum absolute atomic E-state index is 0.0186. The number of nitrogens with zero attached hydrogens (tertiary/aromatic N) is 1. The van der Waals surface area contributed by atoms with Gasteiger partial charge in [0.25, 0.3) is 0 Å². The van der Waals surface area contributed by atoms with Crippen LogP contribution < -0.4 is 0 Å². The van der Waals surface area contributed by atoms with E-state index in [2.05, 4.69) is 59.0 Å². The van der Waals surface area contributed by atoms with E-state index >= 15 is 0 Å².